The van der Waals surface area contributed by atoms with Gasteiger partial charge in [0.15, 0.2) is 9.84 Å². The smallest absolute Gasteiger partial charge is 0.365 e. The van der Waals surface area contributed by atoms with Crippen LogP contribution in [0.15, 0.2) is 42.7 Å². The third-order valence-corrected chi connectivity index (χ3v) is 10.7. The number of hydrogen-bond acceptors (Lipinski definition) is 9. The Morgan fingerprint density at radius 1 is 1.10 bits per heavy atom. The quantitative estimate of drug-likeness (QED) is 0.417. The molecule has 0 aliphatic carbocycles. The van der Waals surface area contributed by atoms with Gasteiger partial charge in [0.05, 0.1) is 16.8 Å². The van der Waals surface area contributed by atoms with Crippen LogP contribution in [0.2, 0.25) is 0 Å². The van der Waals surface area contributed by atoms with Crippen molar-refractivity contribution in [3.63, 3.8) is 0 Å². The first-order chi connectivity index (χ1) is 18.3. The number of nitrogens with zero attached hydrogens (tertiary/aromatic N) is 4. The normalized spacial score (nSPS) is 19.8. The third-order valence-electron chi connectivity index (χ3n) is 6.97. The van der Waals surface area contributed by atoms with Crippen LogP contribution in [0.5, 0.6) is 0 Å². The molecule has 4 heterocycles. The summed E-state index contributed by atoms with van der Waals surface area (Å²) < 4.78 is 91.7. The maximum atomic E-state index is 13.7. The fourth-order valence-corrected chi connectivity index (χ4v) is 8.00. The zero-order chi connectivity index (χ0) is 28.2. The molecule has 0 spiro atoms. The topological polar surface area (TPSA) is 134 Å². The molecule has 39 heavy (non-hydrogen) atoms. The number of anilines is 4. The second-order valence-corrected chi connectivity index (χ2v) is 13.8. The van der Waals surface area contributed by atoms with Crippen LogP contribution in [0.4, 0.5) is 36.4 Å². The van der Waals surface area contributed by atoms with E-state index in [1.165, 1.54) is 19.3 Å². The van der Waals surface area contributed by atoms with E-state index in [1.807, 2.05) is 0 Å². The Bertz CT molecular complexity index is 1650. The molecule has 2 atom stereocenters. The highest BCUT2D eigenvalue weighted by molar-refractivity contribution is 7.92. The molecule has 2 aromatic heterocycles. The van der Waals surface area contributed by atoms with Crippen LogP contribution in [-0.4, -0.2) is 45.1 Å². The van der Waals surface area contributed by atoms with Gasteiger partial charge in [0.25, 0.3) is 0 Å². The molecule has 3 aromatic rings. The molecule has 2 bridgehead atoms. The van der Waals surface area contributed by atoms with Crippen LogP contribution in [-0.2, 0) is 32.6 Å². The fourth-order valence-electron chi connectivity index (χ4n) is 5.01. The first-order valence-electron chi connectivity index (χ1n) is 12.0. The Labute approximate surface area is 223 Å². The molecule has 10 nitrogen and oxygen atoms in total. The van der Waals surface area contributed by atoms with Crippen molar-refractivity contribution in [2.45, 2.75) is 42.5 Å². The van der Waals surface area contributed by atoms with E-state index in [1.54, 1.807) is 24.3 Å². The Hall–Kier alpha value is -3.46. The lowest BCUT2D eigenvalue weighted by atomic mass is 10.0. The molecule has 2 N–H and O–H groups in total. The lowest BCUT2D eigenvalue weighted by molar-refractivity contribution is -0.137. The van der Waals surface area contributed by atoms with Gasteiger partial charge < -0.3 is 10.6 Å². The van der Waals surface area contributed by atoms with Crippen molar-refractivity contribution in [1.82, 2.24) is 15.0 Å². The molecular weight excluding hydrogens is 557 g/mol. The Morgan fingerprint density at radius 3 is 2.51 bits per heavy atom. The lowest BCUT2D eigenvalue weighted by Crippen LogP contribution is -2.27. The van der Waals surface area contributed by atoms with E-state index >= 15 is 0 Å². The highest BCUT2D eigenvalue weighted by Crippen LogP contribution is 2.53. The van der Waals surface area contributed by atoms with Gasteiger partial charge in [-0.3, -0.25) is 4.31 Å². The van der Waals surface area contributed by atoms with Crippen LogP contribution in [0.1, 0.15) is 52.0 Å². The second-order valence-electron chi connectivity index (χ2n) is 9.49. The minimum atomic E-state index is -4.76. The summed E-state index contributed by atoms with van der Waals surface area (Å²) in [7, 11) is -5.66. The molecule has 208 valence electrons. The maximum absolute atomic E-state index is 13.7. The Balaban J connectivity index is 1.43. The number of pyridine rings is 1. The zero-order valence-corrected chi connectivity index (χ0v) is 22.5. The maximum Gasteiger partial charge on any atom is 0.421 e. The molecular formula is C24H25F3N6O4S2. The molecule has 2 aliphatic heterocycles. The van der Waals surface area contributed by atoms with Gasteiger partial charge in [-0.2, -0.15) is 18.2 Å². The van der Waals surface area contributed by atoms with Gasteiger partial charge >= 0.3 is 6.18 Å². The van der Waals surface area contributed by atoms with Gasteiger partial charge in [-0.15, -0.1) is 0 Å². The van der Waals surface area contributed by atoms with Gasteiger partial charge in [-0.1, -0.05) is 18.6 Å². The molecule has 1 saturated heterocycles. The fraction of sp³-hybridized carbons (Fsp3) is 0.375. The Morgan fingerprint density at radius 2 is 1.82 bits per heavy atom. The van der Waals surface area contributed by atoms with E-state index in [0.717, 1.165) is 22.5 Å². The predicted octanol–water partition coefficient (Wildman–Crippen LogP) is 4.34. The zero-order valence-electron chi connectivity index (χ0n) is 20.9. The molecule has 1 fully saturated rings. The minimum absolute atomic E-state index is 0.0618. The summed E-state index contributed by atoms with van der Waals surface area (Å²) in [4.78, 5) is 11.9. The van der Waals surface area contributed by atoms with Gasteiger partial charge in [-0.05, 0) is 42.2 Å². The number of rotatable bonds is 7. The SMILES string of the molecule is CN(c1ncccc1CNc1nc(Nc2ccc3c(c2)C2CCCC3S2(=O)=O)ncc1C(F)(F)F)S(C)(=O)=O. The van der Waals surface area contributed by atoms with Crippen molar-refractivity contribution in [2.24, 2.45) is 0 Å². The highest BCUT2D eigenvalue weighted by Gasteiger charge is 2.47. The van der Waals surface area contributed by atoms with Crippen LogP contribution in [0, 0.1) is 0 Å². The average Bonchev–Trinajstić information content (AvgIpc) is 2.97. The summed E-state index contributed by atoms with van der Waals surface area (Å²) in [5.41, 5.74) is 1.14. The number of alkyl halides is 3. The molecule has 0 amide bonds. The standard InChI is InChI=1S/C24H25F3N6O4S2/c1-33(38(2,34)35)22-14(5-4-10-28-22)12-29-21-18(24(25,26)27)13-30-23(32-21)31-15-8-9-16-17(11-15)20-7-3-6-19(16)39(20,36)37/h4-5,8-11,13,19-20H,3,6-7,12H2,1-2H3,(H2,29,30,31,32). The van der Waals surface area contributed by atoms with E-state index in [0.29, 0.717) is 35.9 Å². The van der Waals surface area contributed by atoms with E-state index in [2.05, 4.69) is 25.6 Å². The van der Waals surface area contributed by atoms with E-state index in [4.69, 9.17) is 0 Å². The summed E-state index contributed by atoms with van der Waals surface area (Å²) in [5.74, 6) is -0.586. The highest BCUT2D eigenvalue weighted by atomic mass is 32.2. The van der Waals surface area contributed by atoms with E-state index in [9.17, 15) is 30.0 Å². The van der Waals surface area contributed by atoms with Gasteiger partial charge in [0.2, 0.25) is 16.0 Å². The molecule has 1 aromatic carbocycles. The van der Waals surface area contributed by atoms with Crippen LogP contribution < -0.4 is 14.9 Å². The van der Waals surface area contributed by atoms with Gasteiger partial charge in [-0.25, -0.2) is 26.8 Å². The van der Waals surface area contributed by atoms with Crippen molar-refractivity contribution in [1.29, 1.82) is 0 Å². The van der Waals surface area contributed by atoms with E-state index < -0.39 is 47.9 Å². The van der Waals surface area contributed by atoms with Gasteiger partial charge in [0.1, 0.15) is 17.2 Å². The number of halogens is 3. The lowest BCUT2D eigenvalue weighted by Gasteiger charge is -2.20. The first-order valence-corrected chi connectivity index (χ1v) is 15.4. The van der Waals surface area contributed by atoms with Crippen LogP contribution >= 0.6 is 0 Å². The largest absolute Gasteiger partial charge is 0.421 e. The molecule has 15 heteroatoms. The van der Waals surface area contributed by atoms with Crippen LogP contribution in [0.25, 0.3) is 0 Å². The molecule has 2 aliphatic rings. The molecule has 0 radical (unpaired) electrons. The summed E-state index contributed by atoms with van der Waals surface area (Å²) >= 11 is 0. The Kier molecular flexibility index (Phi) is 6.69. The third kappa shape index (κ3) is 5.12. The molecule has 5 rings (SSSR count). The number of sulfone groups is 1. The number of aromatic nitrogens is 3. The van der Waals surface area contributed by atoms with Crippen molar-refractivity contribution in [3.05, 3.63) is 65.0 Å². The first kappa shape index (κ1) is 27.1. The van der Waals surface area contributed by atoms with Gasteiger partial charge in [0, 0.05) is 37.2 Å². The van der Waals surface area contributed by atoms with Crippen LogP contribution in [0.3, 0.4) is 0 Å². The van der Waals surface area contributed by atoms with E-state index in [-0.39, 0.29) is 18.3 Å². The summed E-state index contributed by atoms with van der Waals surface area (Å²) in [6, 6.07) is 8.17. The van der Waals surface area contributed by atoms with Crippen molar-refractivity contribution >= 4 is 43.1 Å². The molecule has 2 unspecified atom stereocenters. The predicted molar refractivity (Wildman–Crippen MR) is 140 cm³/mol. The second kappa shape index (κ2) is 9.62. The summed E-state index contributed by atoms with van der Waals surface area (Å²) in [6.45, 7) is -0.206. The minimum Gasteiger partial charge on any atom is -0.365 e. The number of benzene rings is 1. The average molecular weight is 583 g/mol. The summed E-state index contributed by atoms with van der Waals surface area (Å²) in [6.07, 6.45) is 0.173. The van der Waals surface area contributed by atoms with Crippen molar-refractivity contribution < 1.29 is 30.0 Å². The number of nitrogens with one attached hydrogen (secondary N) is 2. The summed E-state index contributed by atoms with van der Waals surface area (Å²) in [5, 5.41) is 4.42. The monoisotopic (exact) mass is 582 g/mol. The van der Waals surface area contributed by atoms with Crippen molar-refractivity contribution in [3.8, 4) is 0 Å². The molecule has 0 saturated carbocycles. The number of fused-ring (bicyclic) bond motifs is 5. The number of hydrogen-bond donors (Lipinski definition) is 2. The number of sulfonamides is 1. The van der Waals surface area contributed by atoms with Crippen molar-refractivity contribution in [2.75, 3.05) is 28.2 Å².